The summed E-state index contributed by atoms with van der Waals surface area (Å²) in [5.41, 5.74) is 2.65. The number of rotatable bonds is 6. The molecule has 0 atom stereocenters. The fraction of sp³-hybridized carbons (Fsp3) is 0.450. The lowest BCUT2D eigenvalue weighted by Gasteiger charge is -2.28. The highest BCUT2D eigenvalue weighted by molar-refractivity contribution is 7.10. The molecule has 1 aliphatic rings. The van der Waals surface area contributed by atoms with Gasteiger partial charge in [0.15, 0.2) is 5.96 Å². The summed E-state index contributed by atoms with van der Waals surface area (Å²) in [6.45, 7) is 4.88. The summed E-state index contributed by atoms with van der Waals surface area (Å²) in [6, 6.07) is 10.4. The van der Waals surface area contributed by atoms with Gasteiger partial charge in [-0.05, 0) is 29.5 Å². The van der Waals surface area contributed by atoms with Crippen LogP contribution in [-0.4, -0.2) is 56.6 Å². The molecule has 26 heavy (non-hydrogen) atoms. The lowest BCUT2D eigenvalue weighted by Crippen LogP contribution is -2.43. The zero-order valence-corrected chi connectivity index (χ0v) is 16.7. The molecule has 5 nitrogen and oxygen atoms in total. The molecular formula is C20H28N4OS. The van der Waals surface area contributed by atoms with E-state index in [0.29, 0.717) is 0 Å². The minimum Gasteiger partial charge on any atom is -0.496 e. The number of thiophene rings is 1. The number of hydrogen-bond donors (Lipinski definition) is 1. The zero-order valence-electron chi connectivity index (χ0n) is 15.9. The summed E-state index contributed by atoms with van der Waals surface area (Å²) in [5.74, 6) is 1.82. The minimum atomic E-state index is 0.756. The van der Waals surface area contributed by atoms with Crippen molar-refractivity contribution in [3.63, 3.8) is 0 Å². The molecule has 0 saturated heterocycles. The largest absolute Gasteiger partial charge is 0.496 e. The van der Waals surface area contributed by atoms with Crippen molar-refractivity contribution in [2.24, 2.45) is 4.99 Å². The van der Waals surface area contributed by atoms with Crippen molar-refractivity contribution in [1.82, 2.24) is 15.1 Å². The molecule has 0 bridgehead atoms. The van der Waals surface area contributed by atoms with Crippen molar-refractivity contribution in [2.45, 2.75) is 19.5 Å². The van der Waals surface area contributed by atoms with Crippen LogP contribution in [0.4, 0.5) is 0 Å². The van der Waals surface area contributed by atoms with Crippen LogP contribution >= 0.6 is 11.3 Å². The molecule has 6 heteroatoms. The van der Waals surface area contributed by atoms with Gasteiger partial charge in [-0.1, -0.05) is 18.2 Å². The highest BCUT2D eigenvalue weighted by Crippen LogP contribution is 2.23. The Kier molecular flexibility index (Phi) is 6.52. The van der Waals surface area contributed by atoms with Crippen molar-refractivity contribution in [3.8, 4) is 5.75 Å². The standard InChI is InChI=1S/C20H28N4OS/c1-21-20(23(2)14-16-6-4-5-7-18(16)25-3)22-10-12-24-11-8-19-17(15-24)9-13-26-19/h4-7,9,13H,8,10-12,14-15H2,1-3H3,(H,21,22). The molecule has 3 rings (SSSR count). The Balaban J connectivity index is 1.48. The summed E-state index contributed by atoms with van der Waals surface area (Å²) < 4.78 is 5.45. The Morgan fingerprint density at radius 2 is 2.19 bits per heavy atom. The molecule has 0 saturated carbocycles. The van der Waals surface area contributed by atoms with E-state index in [9.17, 15) is 0 Å². The van der Waals surface area contributed by atoms with Crippen LogP contribution in [0.5, 0.6) is 5.75 Å². The molecule has 0 radical (unpaired) electrons. The predicted molar refractivity (Wildman–Crippen MR) is 109 cm³/mol. The van der Waals surface area contributed by atoms with Crippen LogP contribution in [0.1, 0.15) is 16.0 Å². The molecule has 1 N–H and O–H groups in total. The minimum absolute atomic E-state index is 0.756. The molecule has 2 heterocycles. The van der Waals surface area contributed by atoms with Crippen molar-refractivity contribution < 1.29 is 4.74 Å². The first-order valence-electron chi connectivity index (χ1n) is 9.02. The van der Waals surface area contributed by atoms with Gasteiger partial charge in [-0.2, -0.15) is 0 Å². The van der Waals surface area contributed by atoms with Crippen LogP contribution in [0.15, 0.2) is 40.7 Å². The zero-order chi connectivity index (χ0) is 18.4. The summed E-state index contributed by atoms with van der Waals surface area (Å²) in [6.07, 6.45) is 1.18. The maximum atomic E-state index is 5.45. The number of benzene rings is 1. The number of nitrogens with one attached hydrogen (secondary N) is 1. The highest BCUT2D eigenvalue weighted by atomic mass is 32.1. The first-order valence-corrected chi connectivity index (χ1v) is 9.90. The predicted octanol–water partition coefficient (Wildman–Crippen LogP) is 2.82. The second kappa shape index (κ2) is 9.05. The highest BCUT2D eigenvalue weighted by Gasteiger charge is 2.17. The maximum Gasteiger partial charge on any atom is 0.193 e. The summed E-state index contributed by atoms with van der Waals surface area (Å²) in [4.78, 5) is 10.6. The molecular weight excluding hydrogens is 344 g/mol. The van der Waals surface area contributed by atoms with Gasteiger partial charge < -0.3 is 15.0 Å². The third-order valence-electron chi connectivity index (χ3n) is 4.77. The topological polar surface area (TPSA) is 40.1 Å². The van der Waals surface area contributed by atoms with Gasteiger partial charge >= 0.3 is 0 Å². The molecule has 0 spiro atoms. The maximum absolute atomic E-state index is 5.45. The van der Waals surface area contributed by atoms with Crippen molar-refractivity contribution in [2.75, 3.05) is 40.8 Å². The van der Waals surface area contributed by atoms with E-state index in [4.69, 9.17) is 4.74 Å². The second-order valence-corrected chi connectivity index (χ2v) is 7.54. The Morgan fingerprint density at radius 1 is 1.35 bits per heavy atom. The van der Waals surface area contributed by atoms with Gasteiger partial charge in [0.1, 0.15) is 5.75 Å². The molecule has 0 amide bonds. The Labute approximate surface area is 160 Å². The molecule has 1 aliphatic heterocycles. The molecule has 140 valence electrons. The molecule has 1 aromatic heterocycles. The Morgan fingerprint density at radius 3 is 3.00 bits per heavy atom. The number of fused-ring (bicyclic) bond motifs is 1. The van der Waals surface area contributed by atoms with Gasteiger partial charge in [0.2, 0.25) is 0 Å². The number of guanidine groups is 1. The molecule has 0 fully saturated rings. The average molecular weight is 373 g/mol. The summed E-state index contributed by atoms with van der Waals surface area (Å²) >= 11 is 1.89. The van der Waals surface area contributed by atoms with Crippen LogP contribution in [0.3, 0.4) is 0 Å². The van der Waals surface area contributed by atoms with Crippen LogP contribution in [0.25, 0.3) is 0 Å². The number of methoxy groups -OCH3 is 1. The van der Waals surface area contributed by atoms with Gasteiger partial charge in [0.05, 0.1) is 7.11 Å². The quantitative estimate of drug-likeness (QED) is 0.625. The average Bonchev–Trinajstić information content (AvgIpc) is 3.13. The number of hydrogen-bond acceptors (Lipinski definition) is 4. The van der Waals surface area contributed by atoms with E-state index < -0.39 is 0 Å². The van der Waals surface area contributed by atoms with Crippen LogP contribution in [0.2, 0.25) is 0 Å². The fourth-order valence-electron chi connectivity index (χ4n) is 3.37. The Hall–Kier alpha value is -2.05. The van der Waals surface area contributed by atoms with Crippen molar-refractivity contribution in [3.05, 3.63) is 51.7 Å². The summed E-state index contributed by atoms with van der Waals surface area (Å²) in [5, 5.41) is 5.70. The molecule has 2 aromatic rings. The number of para-hydroxylation sites is 1. The number of ether oxygens (including phenoxy) is 1. The Bertz CT molecular complexity index is 743. The second-order valence-electron chi connectivity index (χ2n) is 6.54. The van der Waals surface area contributed by atoms with E-state index in [-0.39, 0.29) is 0 Å². The smallest absolute Gasteiger partial charge is 0.193 e. The first-order chi connectivity index (χ1) is 12.7. The van der Waals surface area contributed by atoms with Gasteiger partial charge in [-0.25, -0.2) is 0 Å². The lowest BCUT2D eigenvalue weighted by molar-refractivity contribution is 0.259. The molecule has 0 unspecified atom stereocenters. The van der Waals surface area contributed by atoms with Gasteiger partial charge in [0.25, 0.3) is 0 Å². The fourth-order valence-corrected chi connectivity index (χ4v) is 4.26. The van der Waals surface area contributed by atoms with Crippen molar-refractivity contribution in [1.29, 1.82) is 0 Å². The van der Waals surface area contributed by atoms with Gasteiger partial charge in [-0.3, -0.25) is 9.89 Å². The van der Waals surface area contributed by atoms with Crippen molar-refractivity contribution >= 4 is 17.3 Å². The normalized spacial score (nSPS) is 14.8. The van der Waals surface area contributed by atoms with E-state index in [1.807, 2.05) is 36.6 Å². The lowest BCUT2D eigenvalue weighted by atomic mass is 10.1. The summed E-state index contributed by atoms with van der Waals surface area (Å²) in [7, 11) is 5.60. The van der Waals surface area contributed by atoms with E-state index in [0.717, 1.165) is 50.0 Å². The SMILES string of the molecule is CN=C(NCCN1CCc2sccc2C1)N(C)Cc1ccccc1OC. The third kappa shape index (κ3) is 4.56. The van der Waals surface area contributed by atoms with E-state index in [1.54, 1.807) is 12.0 Å². The first kappa shape index (κ1) is 18.7. The third-order valence-corrected chi connectivity index (χ3v) is 5.79. The molecule has 0 aliphatic carbocycles. The molecule has 1 aromatic carbocycles. The number of nitrogens with zero attached hydrogens (tertiary/aromatic N) is 3. The monoisotopic (exact) mass is 372 g/mol. The van der Waals surface area contributed by atoms with Gasteiger partial charge in [-0.15, -0.1) is 11.3 Å². The van der Waals surface area contributed by atoms with Crippen LogP contribution < -0.4 is 10.1 Å². The van der Waals surface area contributed by atoms with Crippen LogP contribution in [0, 0.1) is 0 Å². The number of aliphatic imine (C=N–C) groups is 1. The van der Waals surface area contributed by atoms with Crippen LogP contribution in [-0.2, 0) is 19.5 Å². The van der Waals surface area contributed by atoms with E-state index in [1.165, 1.54) is 12.0 Å². The van der Waals surface area contributed by atoms with E-state index in [2.05, 4.69) is 44.7 Å². The van der Waals surface area contributed by atoms with E-state index >= 15 is 0 Å². The van der Waals surface area contributed by atoms with Gasteiger partial charge in [0, 0.05) is 57.3 Å².